The molecule has 4 aromatic rings. The number of rotatable bonds is 11. The molecule has 2 saturated heterocycles. The monoisotopic (exact) mass is 758 g/mol. The lowest BCUT2D eigenvalue weighted by Crippen LogP contribution is -2.60. The fourth-order valence-corrected chi connectivity index (χ4v) is 8.79. The van der Waals surface area contributed by atoms with Crippen molar-refractivity contribution in [2.75, 3.05) is 45.3 Å². The second kappa shape index (κ2) is 15.3. The van der Waals surface area contributed by atoms with E-state index in [0.717, 1.165) is 12.8 Å². The molecule has 0 unspecified atom stereocenters. The Labute approximate surface area is 317 Å². The highest BCUT2D eigenvalue weighted by atomic mass is 19.1. The highest BCUT2D eigenvalue weighted by molar-refractivity contribution is 6.03. The number of fused-ring (bicyclic) bond motifs is 2. The lowest BCUT2D eigenvalue weighted by atomic mass is 9.88. The zero-order valence-electron chi connectivity index (χ0n) is 31.0. The number of aromatic nitrogens is 3. The summed E-state index contributed by atoms with van der Waals surface area (Å²) in [7, 11) is 1.73. The molecule has 290 valence electrons. The van der Waals surface area contributed by atoms with Crippen LogP contribution in [0.4, 0.5) is 19.0 Å². The minimum atomic E-state index is -1.21. The minimum absolute atomic E-state index is 0.00791. The van der Waals surface area contributed by atoms with Crippen LogP contribution in [0.15, 0.2) is 43.1 Å². The van der Waals surface area contributed by atoms with Gasteiger partial charge in [-0.1, -0.05) is 31.4 Å². The van der Waals surface area contributed by atoms with Gasteiger partial charge in [-0.15, -0.1) is 6.42 Å². The SMILES string of the molecule is C#Cc1c(F)ccc2cc(O)cc(-c3ncc4c(NCC5(N(C)C(=O)C=C)CCCC5)nc(OC[C@]5([C@H](C)O)C[C@@H](F)CN5C5CCOCC5)nc4c3F)c12. The summed E-state index contributed by atoms with van der Waals surface area (Å²) in [6, 6.07) is 4.99. The molecule has 2 aromatic heterocycles. The Morgan fingerprint density at radius 3 is 2.69 bits per heavy atom. The van der Waals surface area contributed by atoms with Crippen molar-refractivity contribution in [2.24, 2.45) is 0 Å². The first kappa shape index (κ1) is 38.3. The van der Waals surface area contributed by atoms with Crippen LogP contribution >= 0.6 is 0 Å². The van der Waals surface area contributed by atoms with E-state index in [4.69, 9.17) is 15.9 Å². The normalized spacial score (nSPS) is 22.1. The summed E-state index contributed by atoms with van der Waals surface area (Å²) in [5.41, 5.74) is -2.25. The van der Waals surface area contributed by atoms with E-state index >= 15 is 8.78 Å². The van der Waals surface area contributed by atoms with Crippen LogP contribution in [0.1, 0.15) is 57.4 Å². The number of pyridine rings is 1. The predicted octanol–water partition coefficient (Wildman–Crippen LogP) is 5.90. The summed E-state index contributed by atoms with van der Waals surface area (Å²) < 4.78 is 59.1. The Balaban J connectivity index is 1.34. The molecule has 1 saturated carbocycles. The molecule has 4 heterocycles. The number of terminal acetylenes is 1. The summed E-state index contributed by atoms with van der Waals surface area (Å²) in [6.45, 7) is 6.46. The van der Waals surface area contributed by atoms with Crippen molar-refractivity contribution in [2.45, 2.75) is 81.3 Å². The third-order valence-corrected chi connectivity index (χ3v) is 11.9. The number of carbonyl (C=O) groups is 1. The largest absolute Gasteiger partial charge is 0.508 e. The maximum atomic E-state index is 17.1. The van der Waals surface area contributed by atoms with E-state index in [1.54, 1.807) is 18.9 Å². The number of alkyl halides is 1. The number of likely N-dealkylation sites (tertiary alicyclic amines) is 1. The summed E-state index contributed by atoms with van der Waals surface area (Å²) in [4.78, 5) is 30.1. The Morgan fingerprint density at radius 1 is 1.25 bits per heavy atom. The zero-order chi connectivity index (χ0) is 39.1. The minimum Gasteiger partial charge on any atom is -0.508 e. The Bertz CT molecular complexity index is 2170. The van der Waals surface area contributed by atoms with Gasteiger partial charge >= 0.3 is 6.01 Å². The van der Waals surface area contributed by atoms with Crippen LogP contribution < -0.4 is 10.1 Å². The molecule has 3 aliphatic rings. The number of phenolic OH excluding ortho intramolecular Hbond substituents is 1. The molecule has 3 N–H and O–H groups in total. The average Bonchev–Trinajstić information content (AvgIpc) is 3.81. The van der Waals surface area contributed by atoms with Gasteiger partial charge in [0.2, 0.25) is 5.91 Å². The quantitative estimate of drug-likeness (QED) is 0.126. The van der Waals surface area contributed by atoms with Crippen molar-refractivity contribution in [1.82, 2.24) is 24.8 Å². The number of phenols is 1. The van der Waals surface area contributed by atoms with E-state index in [-0.39, 0.29) is 88.8 Å². The fraction of sp³-hybridized carbons (Fsp3) is 0.463. The number of carbonyl (C=O) groups excluding carboxylic acids is 1. The first-order valence-electron chi connectivity index (χ1n) is 18.6. The first-order chi connectivity index (χ1) is 26.4. The maximum absolute atomic E-state index is 17.1. The van der Waals surface area contributed by atoms with Crippen molar-refractivity contribution < 1.29 is 37.7 Å². The van der Waals surface area contributed by atoms with Crippen LogP contribution in [-0.2, 0) is 9.53 Å². The topological polar surface area (TPSA) is 133 Å². The van der Waals surface area contributed by atoms with Gasteiger partial charge in [0.1, 0.15) is 41.4 Å². The molecule has 0 bridgehead atoms. The third kappa shape index (κ3) is 6.94. The van der Waals surface area contributed by atoms with Crippen LogP contribution in [0, 0.1) is 24.0 Å². The van der Waals surface area contributed by atoms with Gasteiger partial charge in [-0.3, -0.25) is 14.7 Å². The van der Waals surface area contributed by atoms with Crippen LogP contribution in [0.2, 0.25) is 0 Å². The number of halogens is 3. The predicted molar refractivity (Wildman–Crippen MR) is 202 cm³/mol. The van der Waals surface area contributed by atoms with Gasteiger partial charge in [-0.25, -0.2) is 13.2 Å². The maximum Gasteiger partial charge on any atom is 0.319 e. The van der Waals surface area contributed by atoms with Gasteiger partial charge in [0, 0.05) is 63.0 Å². The zero-order valence-corrected chi connectivity index (χ0v) is 31.0. The lowest BCUT2D eigenvalue weighted by Gasteiger charge is -2.45. The number of nitrogens with one attached hydrogen (secondary N) is 1. The standard InChI is InChI=1S/C41H45F3N6O5/c1-5-29-32(43)10-9-25-17-28(52)18-30(34(25)29)36-35(44)37-31(20-45-36)38(46-22-40(13-7-8-14-40)49(4)33(53)6-2)48-39(47-37)55-23-41(24(3)51)19-26(42)21-50(41)27-11-15-54-16-12-27/h1,6,9-10,17-18,20,24,26-27,51-52H,2,7-8,11-16,19,21-23H2,3-4H3,(H,46,47,48)/t24-,26+,41-/m0/s1. The first-order valence-corrected chi connectivity index (χ1v) is 18.6. The van der Waals surface area contributed by atoms with Crippen LogP contribution in [-0.4, -0.2) is 110 Å². The smallest absolute Gasteiger partial charge is 0.319 e. The second-order valence-electron chi connectivity index (χ2n) is 14.9. The van der Waals surface area contributed by atoms with E-state index < -0.39 is 35.0 Å². The van der Waals surface area contributed by atoms with Gasteiger partial charge in [0.05, 0.1) is 28.1 Å². The molecule has 14 heteroatoms. The molecule has 1 amide bonds. The number of anilines is 1. The molecule has 0 spiro atoms. The van der Waals surface area contributed by atoms with Crippen molar-refractivity contribution in [1.29, 1.82) is 0 Å². The van der Waals surface area contributed by atoms with E-state index in [9.17, 15) is 19.4 Å². The van der Waals surface area contributed by atoms with E-state index in [0.29, 0.717) is 44.3 Å². The Morgan fingerprint density at radius 2 is 2.00 bits per heavy atom. The summed E-state index contributed by atoms with van der Waals surface area (Å²) in [5, 5.41) is 25.9. The summed E-state index contributed by atoms with van der Waals surface area (Å²) >= 11 is 0. The van der Waals surface area contributed by atoms with Crippen LogP contribution in [0.3, 0.4) is 0 Å². The number of benzene rings is 2. The van der Waals surface area contributed by atoms with Crippen molar-refractivity contribution in [3.63, 3.8) is 0 Å². The third-order valence-electron chi connectivity index (χ3n) is 11.9. The highest BCUT2D eigenvalue weighted by Crippen LogP contribution is 2.41. The number of ether oxygens (including phenoxy) is 2. The summed E-state index contributed by atoms with van der Waals surface area (Å²) in [6.07, 6.45) is 10.7. The molecule has 55 heavy (non-hydrogen) atoms. The number of aromatic hydroxyl groups is 1. The highest BCUT2D eigenvalue weighted by Gasteiger charge is 2.52. The molecular weight excluding hydrogens is 713 g/mol. The Kier molecular flexibility index (Phi) is 10.6. The summed E-state index contributed by atoms with van der Waals surface area (Å²) in [5.74, 6) is 0.446. The Hall–Kier alpha value is -4.97. The number of hydrogen-bond donors (Lipinski definition) is 3. The van der Waals surface area contributed by atoms with Crippen molar-refractivity contribution in [3.8, 4) is 35.4 Å². The second-order valence-corrected chi connectivity index (χ2v) is 14.9. The van der Waals surface area contributed by atoms with Gasteiger partial charge in [0.15, 0.2) is 5.82 Å². The van der Waals surface area contributed by atoms with E-state index in [1.807, 2.05) is 4.90 Å². The number of likely N-dealkylation sites (N-methyl/N-ethyl adjacent to an activating group) is 1. The number of aliphatic hydroxyl groups is 1. The molecule has 3 atom stereocenters. The van der Waals surface area contributed by atoms with E-state index in [1.165, 1.54) is 36.5 Å². The van der Waals surface area contributed by atoms with Crippen LogP contribution in [0.5, 0.6) is 11.8 Å². The molecule has 2 aromatic carbocycles. The number of nitrogens with zero attached hydrogens (tertiary/aromatic N) is 5. The van der Waals surface area contributed by atoms with Gasteiger partial charge < -0.3 is 29.9 Å². The van der Waals surface area contributed by atoms with Gasteiger partial charge in [0.25, 0.3) is 0 Å². The number of amides is 1. The molecule has 2 aliphatic heterocycles. The lowest BCUT2D eigenvalue weighted by molar-refractivity contribution is -0.129. The van der Waals surface area contributed by atoms with Gasteiger partial charge in [-0.05, 0) is 62.3 Å². The van der Waals surface area contributed by atoms with Crippen molar-refractivity contribution in [3.05, 3.63) is 60.3 Å². The van der Waals surface area contributed by atoms with E-state index in [2.05, 4.69) is 32.8 Å². The molecule has 1 aliphatic carbocycles. The average molecular weight is 759 g/mol. The molecule has 7 rings (SSSR count). The molecule has 3 fully saturated rings. The molecular formula is C41H45F3N6O5. The fourth-order valence-electron chi connectivity index (χ4n) is 8.79. The molecule has 0 radical (unpaired) electrons. The van der Waals surface area contributed by atoms with Crippen LogP contribution in [0.25, 0.3) is 32.9 Å². The number of hydrogen-bond acceptors (Lipinski definition) is 10. The van der Waals surface area contributed by atoms with Crippen molar-refractivity contribution >= 4 is 33.4 Å². The van der Waals surface area contributed by atoms with Gasteiger partial charge in [-0.2, -0.15) is 9.97 Å². The molecule has 11 nitrogen and oxygen atoms in total. The number of aliphatic hydroxyl groups excluding tert-OH is 1.